The van der Waals surface area contributed by atoms with Crippen molar-refractivity contribution in [1.82, 2.24) is 4.57 Å². The van der Waals surface area contributed by atoms with Crippen LogP contribution in [0.4, 0.5) is 0 Å². The highest BCUT2D eigenvalue weighted by Crippen LogP contribution is 2.40. The van der Waals surface area contributed by atoms with E-state index in [-0.39, 0.29) is 12.2 Å². The third-order valence-electron chi connectivity index (χ3n) is 5.49. The van der Waals surface area contributed by atoms with Crippen LogP contribution >= 0.6 is 22.7 Å². The van der Waals surface area contributed by atoms with Gasteiger partial charge in [0.05, 0.1) is 36.1 Å². The van der Waals surface area contributed by atoms with E-state index in [4.69, 9.17) is 14.2 Å². The Morgan fingerprint density at radius 2 is 2.00 bits per heavy atom. The van der Waals surface area contributed by atoms with Crippen LogP contribution in [0.2, 0.25) is 0 Å². The van der Waals surface area contributed by atoms with E-state index in [1.165, 1.54) is 11.3 Å². The molecule has 1 unspecified atom stereocenters. The number of carbonyl (C=O) groups excluding carboxylic acids is 1. The number of hydrogen-bond acceptors (Lipinski definition) is 8. The molecule has 0 amide bonds. The van der Waals surface area contributed by atoms with Gasteiger partial charge in [0.2, 0.25) is 0 Å². The highest BCUT2D eigenvalue weighted by atomic mass is 32.1. The number of aryl methyl sites for hydroxylation is 1. The van der Waals surface area contributed by atoms with Crippen LogP contribution < -0.4 is 24.4 Å². The van der Waals surface area contributed by atoms with Gasteiger partial charge in [-0.3, -0.25) is 9.36 Å². The van der Waals surface area contributed by atoms with Crippen LogP contribution in [0.15, 0.2) is 50.7 Å². The summed E-state index contributed by atoms with van der Waals surface area (Å²) in [6, 6.07) is 6.71. The molecule has 1 aromatic carbocycles. The molecule has 2 aromatic heterocycles. The zero-order valence-corrected chi connectivity index (χ0v) is 21.3. The number of carbonyl (C=O) groups is 1. The Morgan fingerprint density at radius 1 is 1.21 bits per heavy atom. The second-order valence-electron chi connectivity index (χ2n) is 7.58. The Kier molecular flexibility index (Phi) is 7.04. The minimum Gasteiger partial charge on any atom is -0.493 e. The standard InChI is InChI=1S/C25H26N2O5S2/c1-6-31-22-16(9-8-10-17(22)30-5)21-20(24(29)32-7-2)15(4)26-25-27(21)23(28)19(34-25)13-18-14(3)11-12-33-18/h8-13,21H,6-7H2,1-5H3/b19-13-. The Balaban J connectivity index is 2.03. The summed E-state index contributed by atoms with van der Waals surface area (Å²) in [5.74, 6) is 0.494. The molecule has 0 bridgehead atoms. The Labute approximate surface area is 205 Å². The maximum absolute atomic E-state index is 13.7. The quantitative estimate of drug-likeness (QED) is 0.466. The molecule has 0 aliphatic carbocycles. The summed E-state index contributed by atoms with van der Waals surface area (Å²) < 4.78 is 19.0. The predicted molar refractivity (Wildman–Crippen MR) is 134 cm³/mol. The van der Waals surface area contributed by atoms with Gasteiger partial charge in [-0.25, -0.2) is 9.79 Å². The van der Waals surface area contributed by atoms with Crippen molar-refractivity contribution in [3.05, 3.63) is 76.6 Å². The highest BCUT2D eigenvalue weighted by Gasteiger charge is 2.35. The van der Waals surface area contributed by atoms with Gasteiger partial charge in [0.1, 0.15) is 6.04 Å². The molecule has 4 rings (SSSR count). The van der Waals surface area contributed by atoms with Crippen molar-refractivity contribution < 1.29 is 19.0 Å². The fourth-order valence-corrected chi connectivity index (χ4v) is 5.91. The zero-order valence-electron chi connectivity index (χ0n) is 19.7. The molecule has 0 fully saturated rings. The number of allylic oxidation sites excluding steroid dienone is 1. The van der Waals surface area contributed by atoms with Crippen LogP contribution in [0.3, 0.4) is 0 Å². The molecule has 3 heterocycles. The molecular formula is C25H26N2O5S2. The van der Waals surface area contributed by atoms with Gasteiger partial charge in [-0.1, -0.05) is 23.5 Å². The maximum atomic E-state index is 13.7. The molecule has 3 aromatic rings. The molecule has 1 atom stereocenters. The maximum Gasteiger partial charge on any atom is 0.338 e. The molecule has 7 nitrogen and oxygen atoms in total. The summed E-state index contributed by atoms with van der Waals surface area (Å²) in [7, 11) is 1.56. The average molecular weight is 499 g/mol. The number of methoxy groups -OCH3 is 1. The number of nitrogens with zero attached hydrogens (tertiary/aromatic N) is 2. The number of thiophene rings is 1. The SMILES string of the molecule is CCOC(=O)C1=C(C)N=c2s/c(=C\c3sccc3C)c(=O)n2C1c1cccc(OC)c1OCC. The number of ether oxygens (including phenoxy) is 3. The first-order chi connectivity index (χ1) is 16.4. The monoisotopic (exact) mass is 498 g/mol. The first-order valence-corrected chi connectivity index (χ1v) is 12.6. The zero-order chi connectivity index (χ0) is 24.4. The molecule has 1 aliphatic rings. The summed E-state index contributed by atoms with van der Waals surface area (Å²) in [4.78, 5) is 33.0. The number of aromatic nitrogens is 1. The Hall–Kier alpha value is -3.17. The second kappa shape index (κ2) is 9.99. The van der Waals surface area contributed by atoms with Gasteiger partial charge >= 0.3 is 5.97 Å². The summed E-state index contributed by atoms with van der Waals surface area (Å²) in [5, 5.41) is 1.99. The van der Waals surface area contributed by atoms with E-state index in [0.717, 1.165) is 10.4 Å². The van der Waals surface area contributed by atoms with Gasteiger partial charge in [-0.2, -0.15) is 0 Å². The van der Waals surface area contributed by atoms with Crippen LogP contribution in [-0.4, -0.2) is 30.9 Å². The molecule has 0 radical (unpaired) electrons. The third kappa shape index (κ3) is 4.21. The third-order valence-corrected chi connectivity index (χ3v) is 7.44. The number of fused-ring (bicyclic) bond motifs is 1. The van der Waals surface area contributed by atoms with E-state index in [1.54, 1.807) is 42.9 Å². The van der Waals surface area contributed by atoms with Crippen LogP contribution in [0.1, 0.15) is 42.8 Å². The number of thiazole rings is 1. The van der Waals surface area contributed by atoms with E-state index < -0.39 is 12.0 Å². The lowest BCUT2D eigenvalue weighted by atomic mass is 9.94. The van der Waals surface area contributed by atoms with E-state index in [9.17, 15) is 9.59 Å². The topological polar surface area (TPSA) is 79.1 Å². The van der Waals surface area contributed by atoms with Gasteiger partial charge in [0, 0.05) is 10.4 Å². The van der Waals surface area contributed by atoms with Crippen molar-refractivity contribution in [2.75, 3.05) is 20.3 Å². The number of esters is 1. The lowest BCUT2D eigenvalue weighted by Gasteiger charge is -2.26. The Bertz CT molecular complexity index is 1440. The van der Waals surface area contributed by atoms with Gasteiger partial charge in [-0.05, 0) is 56.8 Å². The molecule has 1 aliphatic heterocycles. The number of hydrogen-bond donors (Lipinski definition) is 0. The van der Waals surface area contributed by atoms with E-state index in [0.29, 0.717) is 44.3 Å². The second-order valence-corrected chi connectivity index (χ2v) is 9.54. The molecule has 34 heavy (non-hydrogen) atoms. The van der Waals surface area contributed by atoms with Crippen molar-refractivity contribution in [2.24, 2.45) is 4.99 Å². The minimum absolute atomic E-state index is 0.209. The van der Waals surface area contributed by atoms with Crippen molar-refractivity contribution >= 4 is 34.7 Å². The molecule has 0 saturated heterocycles. The molecular weight excluding hydrogens is 472 g/mol. The molecule has 178 valence electrons. The van der Waals surface area contributed by atoms with Crippen molar-refractivity contribution in [3.63, 3.8) is 0 Å². The molecule has 0 spiro atoms. The van der Waals surface area contributed by atoms with Crippen LogP contribution in [0.5, 0.6) is 11.5 Å². The van der Waals surface area contributed by atoms with Crippen molar-refractivity contribution in [3.8, 4) is 11.5 Å². The first kappa shape index (κ1) is 24.0. The first-order valence-electron chi connectivity index (χ1n) is 10.9. The summed E-state index contributed by atoms with van der Waals surface area (Å²) >= 11 is 2.88. The van der Waals surface area contributed by atoms with Gasteiger partial charge < -0.3 is 14.2 Å². The Morgan fingerprint density at radius 3 is 2.65 bits per heavy atom. The lowest BCUT2D eigenvalue weighted by molar-refractivity contribution is -0.139. The summed E-state index contributed by atoms with van der Waals surface area (Å²) in [5.41, 5.74) is 2.33. The molecule has 0 N–H and O–H groups in total. The van der Waals surface area contributed by atoms with E-state index in [2.05, 4.69) is 4.99 Å². The summed E-state index contributed by atoms with van der Waals surface area (Å²) in [6.45, 7) is 8.00. The van der Waals surface area contributed by atoms with Crippen molar-refractivity contribution in [2.45, 2.75) is 33.7 Å². The van der Waals surface area contributed by atoms with Crippen molar-refractivity contribution in [1.29, 1.82) is 0 Å². The summed E-state index contributed by atoms with van der Waals surface area (Å²) in [6.07, 6.45) is 1.89. The largest absolute Gasteiger partial charge is 0.493 e. The minimum atomic E-state index is -0.765. The fourth-order valence-electron chi connectivity index (χ4n) is 3.94. The fraction of sp³-hybridized carbons (Fsp3) is 0.320. The van der Waals surface area contributed by atoms with Gasteiger partial charge in [-0.15, -0.1) is 11.3 Å². The lowest BCUT2D eigenvalue weighted by Crippen LogP contribution is -2.40. The predicted octanol–water partition coefficient (Wildman–Crippen LogP) is 3.58. The molecule has 9 heteroatoms. The van der Waals surface area contributed by atoms with E-state index in [1.807, 2.05) is 43.5 Å². The highest BCUT2D eigenvalue weighted by molar-refractivity contribution is 7.11. The molecule has 0 saturated carbocycles. The smallest absolute Gasteiger partial charge is 0.338 e. The van der Waals surface area contributed by atoms with Crippen LogP contribution in [-0.2, 0) is 9.53 Å². The van der Waals surface area contributed by atoms with Crippen LogP contribution in [0.25, 0.3) is 6.08 Å². The van der Waals surface area contributed by atoms with Crippen LogP contribution in [0, 0.1) is 6.92 Å². The normalized spacial score (nSPS) is 15.7. The average Bonchev–Trinajstić information content (AvgIpc) is 3.35. The number of benzene rings is 1. The van der Waals surface area contributed by atoms with Gasteiger partial charge in [0.15, 0.2) is 16.3 Å². The number of rotatable bonds is 7. The number of para-hydroxylation sites is 1. The van der Waals surface area contributed by atoms with E-state index >= 15 is 0 Å². The van der Waals surface area contributed by atoms with Gasteiger partial charge in [0.25, 0.3) is 5.56 Å².